The van der Waals surface area contributed by atoms with E-state index in [1.54, 1.807) is 6.92 Å². The SMILES string of the molecule is Cc1nc(O)nc(O)c1C#C[Si](C)(C)C. The molecule has 1 aromatic rings. The van der Waals surface area contributed by atoms with Gasteiger partial charge in [0.2, 0.25) is 5.88 Å². The van der Waals surface area contributed by atoms with Crippen molar-refractivity contribution in [1.82, 2.24) is 9.97 Å². The van der Waals surface area contributed by atoms with E-state index in [9.17, 15) is 5.11 Å². The number of nitrogens with zero attached hydrogens (tertiary/aromatic N) is 2. The molecular formula is C10H14N2O2Si. The molecule has 0 aliphatic heterocycles. The second-order valence-corrected chi connectivity index (χ2v) is 9.06. The van der Waals surface area contributed by atoms with Crippen molar-refractivity contribution in [2.75, 3.05) is 0 Å². The van der Waals surface area contributed by atoms with Gasteiger partial charge in [-0.3, -0.25) is 0 Å². The van der Waals surface area contributed by atoms with E-state index in [1.165, 1.54) is 0 Å². The number of aromatic hydroxyl groups is 2. The predicted molar refractivity (Wildman–Crippen MR) is 60.3 cm³/mol. The fourth-order valence-electron chi connectivity index (χ4n) is 0.940. The maximum absolute atomic E-state index is 9.47. The Kier molecular flexibility index (Phi) is 3.00. The third-order valence-electron chi connectivity index (χ3n) is 1.62. The molecule has 0 bridgehead atoms. The van der Waals surface area contributed by atoms with Crippen LogP contribution in [0.15, 0.2) is 0 Å². The Hall–Kier alpha value is -1.54. The van der Waals surface area contributed by atoms with Crippen molar-refractivity contribution in [3.63, 3.8) is 0 Å². The molecule has 1 rings (SSSR count). The molecule has 0 atom stereocenters. The Morgan fingerprint density at radius 2 is 1.73 bits per heavy atom. The highest BCUT2D eigenvalue weighted by atomic mass is 28.3. The van der Waals surface area contributed by atoms with E-state index < -0.39 is 14.1 Å². The topological polar surface area (TPSA) is 66.2 Å². The van der Waals surface area contributed by atoms with E-state index in [-0.39, 0.29) is 5.88 Å². The normalized spacial score (nSPS) is 10.7. The zero-order chi connectivity index (χ0) is 11.6. The first-order chi connectivity index (χ1) is 6.79. The second-order valence-electron chi connectivity index (χ2n) is 4.31. The molecule has 1 aromatic heterocycles. The van der Waals surface area contributed by atoms with Crippen LogP contribution in [0.2, 0.25) is 19.6 Å². The Bertz CT molecular complexity index is 418. The first kappa shape index (κ1) is 11.5. The summed E-state index contributed by atoms with van der Waals surface area (Å²) < 4.78 is 0. The summed E-state index contributed by atoms with van der Waals surface area (Å²) in [4.78, 5) is 7.18. The van der Waals surface area contributed by atoms with Gasteiger partial charge in [0.1, 0.15) is 13.6 Å². The average Bonchev–Trinajstić information content (AvgIpc) is 1.99. The minimum Gasteiger partial charge on any atom is -0.492 e. The lowest BCUT2D eigenvalue weighted by Gasteiger charge is -2.04. The van der Waals surface area contributed by atoms with Crippen molar-refractivity contribution < 1.29 is 10.2 Å². The molecule has 0 radical (unpaired) electrons. The fraction of sp³-hybridized carbons (Fsp3) is 0.400. The van der Waals surface area contributed by atoms with Gasteiger partial charge in [-0.15, -0.1) is 5.54 Å². The summed E-state index contributed by atoms with van der Waals surface area (Å²) >= 11 is 0. The number of hydrogen-bond donors (Lipinski definition) is 2. The maximum Gasteiger partial charge on any atom is 0.317 e. The molecule has 0 aliphatic carbocycles. The maximum atomic E-state index is 9.47. The molecule has 0 amide bonds. The van der Waals surface area contributed by atoms with Crippen LogP contribution < -0.4 is 0 Å². The zero-order valence-electron chi connectivity index (χ0n) is 9.29. The monoisotopic (exact) mass is 222 g/mol. The summed E-state index contributed by atoms with van der Waals surface area (Å²) in [7, 11) is -1.49. The van der Waals surface area contributed by atoms with Crippen molar-refractivity contribution in [1.29, 1.82) is 0 Å². The Morgan fingerprint density at radius 1 is 1.13 bits per heavy atom. The molecule has 0 unspecified atom stereocenters. The van der Waals surface area contributed by atoms with Crippen LogP contribution in [0.1, 0.15) is 11.3 Å². The van der Waals surface area contributed by atoms with Crippen LogP contribution in [0.5, 0.6) is 11.9 Å². The van der Waals surface area contributed by atoms with Crippen molar-refractivity contribution in [2.45, 2.75) is 26.6 Å². The van der Waals surface area contributed by atoms with E-state index >= 15 is 0 Å². The number of rotatable bonds is 0. The van der Waals surface area contributed by atoms with Gasteiger partial charge in [0.25, 0.3) is 0 Å². The number of aryl methyl sites for hydroxylation is 1. The van der Waals surface area contributed by atoms with Crippen molar-refractivity contribution in [3.8, 4) is 23.4 Å². The number of aromatic nitrogens is 2. The first-order valence-corrected chi connectivity index (χ1v) is 8.09. The van der Waals surface area contributed by atoms with Gasteiger partial charge in [0, 0.05) is 0 Å². The average molecular weight is 222 g/mol. The van der Waals surface area contributed by atoms with Gasteiger partial charge in [0.15, 0.2) is 0 Å². The summed E-state index contributed by atoms with van der Waals surface area (Å²) in [6.07, 6.45) is 0. The molecule has 0 aromatic carbocycles. The molecule has 0 spiro atoms. The molecule has 0 saturated carbocycles. The standard InChI is InChI=1S/C10H14N2O2Si/c1-7-8(5-6-15(2,3)4)9(13)12-10(14)11-7/h1-4H3,(H2,11,12,13,14). The molecule has 0 aliphatic rings. The van der Waals surface area contributed by atoms with E-state index in [0.29, 0.717) is 11.3 Å². The lowest BCUT2D eigenvalue weighted by atomic mass is 10.2. The highest BCUT2D eigenvalue weighted by molar-refractivity contribution is 6.83. The van der Waals surface area contributed by atoms with Crippen LogP contribution in [0.25, 0.3) is 0 Å². The van der Waals surface area contributed by atoms with E-state index in [0.717, 1.165) is 0 Å². The van der Waals surface area contributed by atoms with Crippen LogP contribution in [-0.2, 0) is 0 Å². The minimum atomic E-state index is -1.49. The quantitative estimate of drug-likeness (QED) is 0.515. The Morgan fingerprint density at radius 3 is 2.20 bits per heavy atom. The van der Waals surface area contributed by atoms with Gasteiger partial charge in [-0.25, -0.2) is 0 Å². The van der Waals surface area contributed by atoms with Crippen LogP contribution in [-0.4, -0.2) is 28.3 Å². The van der Waals surface area contributed by atoms with Crippen LogP contribution >= 0.6 is 0 Å². The van der Waals surface area contributed by atoms with Crippen molar-refractivity contribution >= 4 is 8.07 Å². The molecular weight excluding hydrogens is 208 g/mol. The lowest BCUT2D eigenvalue weighted by Crippen LogP contribution is -2.16. The van der Waals surface area contributed by atoms with Gasteiger partial charge < -0.3 is 10.2 Å². The molecule has 0 fully saturated rings. The van der Waals surface area contributed by atoms with Gasteiger partial charge in [-0.05, 0) is 6.92 Å². The van der Waals surface area contributed by atoms with E-state index in [4.69, 9.17) is 5.11 Å². The summed E-state index contributed by atoms with van der Waals surface area (Å²) in [6, 6.07) is -0.427. The van der Waals surface area contributed by atoms with E-state index in [2.05, 4.69) is 41.1 Å². The molecule has 5 heteroatoms. The fourth-order valence-corrected chi connectivity index (χ4v) is 1.44. The molecule has 80 valence electrons. The van der Waals surface area contributed by atoms with Crippen molar-refractivity contribution in [3.05, 3.63) is 11.3 Å². The minimum absolute atomic E-state index is 0.259. The smallest absolute Gasteiger partial charge is 0.317 e. The first-order valence-electron chi connectivity index (χ1n) is 4.59. The largest absolute Gasteiger partial charge is 0.492 e. The Balaban J connectivity index is 3.20. The molecule has 4 nitrogen and oxygen atoms in total. The molecule has 15 heavy (non-hydrogen) atoms. The molecule has 0 saturated heterocycles. The van der Waals surface area contributed by atoms with E-state index in [1.807, 2.05) is 0 Å². The third-order valence-corrected chi connectivity index (χ3v) is 2.50. The van der Waals surface area contributed by atoms with Gasteiger partial charge in [-0.2, -0.15) is 9.97 Å². The van der Waals surface area contributed by atoms with Gasteiger partial charge in [0.05, 0.1) is 5.69 Å². The van der Waals surface area contributed by atoms with Crippen molar-refractivity contribution in [2.24, 2.45) is 0 Å². The Labute approximate surface area is 90.0 Å². The van der Waals surface area contributed by atoms with Crippen LogP contribution in [0.4, 0.5) is 0 Å². The van der Waals surface area contributed by atoms with Gasteiger partial charge >= 0.3 is 6.01 Å². The summed E-state index contributed by atoms with van der Waals surface area (Å²) in [5.41, 5.74) is 4.00. The molecule has 2 N–H and O–H groups in total. The lowest BCUT2D eigenvalue weighted by molar-refractivity contribution is 0.394. The predicted octanol–water partition coefficient (Wildman–Crippen LogP) is 1.43. The number of hydrogen-bond acceptors (Lipinski definition) is 4. The summed E-state index contributed by atoms with van der Waals surface area (Å²) in [5, 5.41) is 18.5. The van der Waals surface area contributed by atoms with Crippen LogP contribution in [0, 0.1) is 18.4 Å². The summed E-state index contributed by atoms with van der Waals surface area (Å²) in [6.45, 7) is 7.99. The second kappa shape index (κ2) is 3.91. The van der Waals surface area contributed by atoms with Gasteiger partial charge in [-0.1, -0.05) is 25.6 Å². The highest BCUT2D eigenvalue weighted by Crippen LogP contribution is 2.18. The summed E-state index contributed by atoms with van der Waals surface area (Å²) in [5.74, 6) is 2.62. The third kappa shape index (κ3) is 3.25. The highest BCUT2D eigenvalue weighted by Gasteiger charge is 2.11. The molecule has 1 heterocycles. The van der Waals surface area contributed by atoms with Crippen LogP contribution in [0.3, 0.4) is 0 Å². The zero-order valence-corrected chi connectivity index (χ0v) is 10.3.